The highest BCUT2D eigenvalue weighted by atomic mass is 35.5. The summed E-state index contributed by atoms with van der Waals surface area (Å²) in [6, 6.07) is 9.92. The van der Waals surface area contributed by atoms with Gasteiger partial charge in [-0.3, -0.25) is 4.79 Å². The number of nitrogens with one attached hydrogen (secondary N) is 1. The normalized spacial score (nSPS) is 11.6. The molecule has 0 aliphatic carbocycles. The molecule has 0 aliphatic rings. The minimum absolute atomic E-state index is 0.141. The van der Waals surface area contributed by atoms with Crippen molar-refractivity contribution < 1.29 is 22.7 Å². The predicted octanol–water partition coefficient (Wildman–Crippen LogP) is 5.83. The van der Waals surface area contributed by atoms with Crippen LogP contribution < -0.4 is 10.1 Å². The fourth-order valence-corrected chi connectivity index (χ4v) is 3.72. The number of ether oxygens (including phenoxy) is 1. The van der Waals surface area contributed by atoms with Crippen LogP contribution in [0.1, 0.15) is 15.2 Å². The highest BCUT2D eigenvalue weighted by Crippen LogP contribution is 2.39. The van der Waals surface area contributed by atoms with E-state index in [1.807, 2.05) is 0 Å². The molecule has 0 bridgehead atoms. The van der Waals surface area contributed by atoms with E-state index in [0.717, 1.165) is 22.1 Å². The predicted molar refractivity (Wildman–Crippen MR) is 92.8 cm³/mol. The molecule has 1 N–H and O–H groups in total. The molecule has 1 amide bonds. The molecule has 0 saturated carbocycles. The van der Waals surface area contributed by atoms with E-state index in [1.165, 1.54) is 25.3 Å². The summed E-state index contributed by atoms with van der Waals surface area (Å²) in [6.07, 6.45) is -4.57. The van der Waals surface area contributed by atoms with E-state index in [4.69, 9.17) is 16.3 Å². The average molecular weight is 386 g/mol. The van der Waals surface area contributed by atoms with Crippen LogP contribution >= 0.6 is 22.9 Å². The molecule has 0 atom stereocenters. The van der Waals surface area contributed by atoms with Crippen molar-refractivity contribution in [1.29, 1.82) is 0 Å². The van der Waals surface area contributed by atoms with E-state index >= 15 is 0 Å². The van der Waals surface area contributed by atoms with Crippen LogP contribution in [-0.4, -0.2) is 13.0 Å². The summed E-state index contributed by atoms with van der Waals surface area (Å²) in [5, 5.41) is 3.09. The van der Waals surface area contributed by atoms with Crippen molar-refractivity contribution in [3.63, 3.8) is 0 Å². The zero-order valence-corrected chi connectivity index (χ0v) is 14.4. The van der Waals surface area contributed by atoms with E-state index in [1.54, 1.807) is 18.2 Å². The molecule has 2 aromatic carbocycles. The summed E-state index contributed by atoms with van der Waals surface area (Å²) in [4.78, 5) is 12.6. The third-order valence-corrected chi connectivity index (χ3v) is 5.20. The number of thiophene rings is 1. The van der Waals surface area contributed by atoms with E-state index in [0.29, 0.717) is 11.1 Å². The molecular weight excluding hydrogens is 375 g/mol. The Morgan fingerprint density at radius 2 is 1.92 bits per heavy atom. The SMILES string of the molecule is COc1ccc2sc(C(=O)Nc3ccccc3C(F)(F)F)c(Cl)c2c1. The van der Waals surface area contributed by atoms with Gasteiger partial charge in [-0.25, -0.2) is 0 Å². The first-order valence-corrected chi connectivity index (χ1v) is 8.24. The first-order valence-electron chi connectivity index (χ1n) is 7.05. The molecule has 8 heteroatoms. The highest BCUT2D eigenvalue weighted by Gasteiger charge is 2.33. The van der Waals surface area contributed by atoms with Gasteiger partial charge in [0.1, 0.15) is 10.6 Å². The minimum Gasteiger partial charge on any atom is -0.497 e. The fourth-order valence-electron chi connectivity index (χ4n) is 2.34. The van der Waals surface area contributed by atoms with Crippen LogP contribution in [0.2, 0.25) is 5.02 Å². The van der Waals surface area contributed by atoms with Gasteiger partial charge in [0.15, 0.2) is 0 Å². The number of rotatable bonds is 3. The summed E-state index contributed by atoms with van der Waals surface area (Å²) < 4.78 is 45.0. The van der Waals surface area contributed by atoms with Gasteiger partial charge >= 0.3 is 6.18 Å². The van der Waals surface area contributed by atoms with Crippen molar-refractivity contribution in [2.75, 3.05) is 12.4 Å². The smallest absolute Gasteiger partial charge is 0.418 e. The maximum atomic E-state index is 13.0. The number of hydrogen-bond donors (Lipinski definition) is 1. The van der Waals surface area contributed by atoms with Gasteiger partial charge in [0, 0.05) is 10.1 Å². The van der Waals surface area contributed by atoms with Gasteiger partial charge in [0.2, 0.25) is 0 Å². The number of para-hydroxylation sites is 1. The number of alkyl halides is 3. The highest BCUT2D eigenvalue weighted by molar-refractivity contribution is 7.21. The second-order valence-electron chi connectivity index (χ2n) is 5.10. The Labute approximate surface area is 150 Å². The zero-order chi connectivity index (χ0) is 18.2. The lowest BCUT2D eigenvalue weighted by Crippen LogP contribution is -2.15. The molecule has 1 heterocycles. The second-order valence-corrected chi connectivity index (χ2v) is 6.53. The zero-order valence-electron chi connectivity index (χ0n) is 12.8. The number of hydrogen-bond acceptors (Lipinski definition) is 3. The maximum absolute atomic E-state index is 13.0. The van der Waals surface area contributed by atoms with Gasteiger partial charge in [0.05, 0.1) is 23.4 Å². The van der Waals surface area contributed by atoms with Crippen molar-refractivity contribution >= 4 is 44.6 Å². The molecule has 3 rings (SSSR count). The summed E-state index contributed by atoms with van der Waals surface area (Å²) in [6.45, 7) is 0. The molecule has 0 fully saturated rings. The van der Waals surface area contributed by atoms with Crippen molar-refractivity contribution in [2.24, 2.45) is 0 Å². The number of fused-ring (bicyclic) bond motifs is 1. The van der Waals surface area contributed by atoms with Crippen LogP contribution in [0.25, 0.3) is 10.1 Å². The number of benzene rings is 2. The summed E-state index contributed by atoms with van der Waals surface area (Å²) in [5.41, 5.74) is -1.23. The summed E-state index contributed by atoms with van der Waals surface area (Å²) >= 11 is 7.35. The van der Waals surface area contributed by atoms with Gasteiger partial charge < -0.3 is 10.1 Å². The number of halogens is 4. The van der Waals surface area contributed by atoms with E-state index in [9.17, 15) is 18.0 Å². The van der Waals surface area contributed by atoms with E-state index < -0.39 is 17.6 Å². The Bertz CT molecular complexity index is 953. The van der Waals surface area contributed by atoms with E-state index in [-0.39, 0.29) is 15.6 Å². The number of carbonyl (C=O) groups excluding carboxylic acids is 1. The Kier molecular flexibility index (Phi) is 4.62. The van der Waals surface area contributed by atoms with Crippen molar-refractivity contribution in [3.05, 3.63) is 57.9 Å². The second kappa shape index (κ2) is 6.57. The Balaban J connectivity index is 1.98. The molecule has 0 aliphatic heterocycles. The monoisotopic (exact) mass is 385 g/mol. The fraction of sp³-hybridized carbons (Fsp3) is 0.118. The van der Waals surface area contributed by atoms with Crippen molar-refractivity contribution in [3.8, 4) is 5.75 Å². The molecule has 130 valence electrons. The number of methoxy groups -OCH3 is 1. The van der Waals surface area contributed by atoms with Crippen molar-refractivity contribution in [1.82, 2.24) is 0 Å². The first kappa shape index (κ1) is 17.6. The largest absolute Gasteiger partial charge is 0.497 e. The number of carbonyl (C=O) groups is 1. The van der Waals surface area contributed by atoms with Gasteiger partial charge in [-0.15, -0.1) is 11.3 Å². The van der Waals surface area contributed by atoms with E-state index in [2.05, 4.69) is 5.32 Å². The number of amides is 1. The lowest BCUT2D eigenvalue weighted by atomic mass is 10.1. The molecule has 0 spiro atoms. The van der Waals surface area contributed by atoms with Crippen LogP contribution in [0.5, 0.6) is 5.75 Å². The minimum atomic E-state index is -4.57. The lowest BCUT2D eigenvalue weighted by molar-refractivity contribution is -0.136. The van der Waals surface area contributed by atoms with Crippen LogP contribution in [0.3, 0.4) is 0 Å². The lowest BCUT2D eigenvalue weighted by Gasteiger charge is -2.13. The summed E-state index contributed by atoms with van der Waals surface area (Å²) in [7, 11) is 1.50. The third kappa shape index (κ3) is 3.43. The molecule has 1 aromatic heterocycles. The first-order chi connectivity index (χ1) is 11.8. The van der Waals surface area contributed by atoms with Gasteiger partial charge in [-0.2, -0.15) is 13.2 Å². The topological polar surface area (TPSA) is 38.3 Å². The Morgan fingerprint density at radius 1 is 1.20 bits per heavy atom. The molecule has 0 unspecified atom stereocenters. The van der Waals surface area contributed by atoms with Crippen LogP contribution in [0.4, 0.5) is 18.9 Å². The van der Waals surface area contributed by atoms with Crippen LogP contribution in [0.15, 0.2) is 42.5 Å². The molecule has 0 radical (unpaired) electrons. The van der Waals surface area contributed by atoms with Gasteiger partial charge in [-0.05, 0) is 30.3 Å². The third-order valence-electron chi connectivity index (χ3n) is 3.52. The van der Waals surface area contributed by atoms with Gasteiger partial charge in [-0.1, -0.05) is 23.7 Å². The standard InChI is InChI=1S/C17H11ClF3NO2S/c1-24-9-6-7-13-10(8-9)14(18)15(25-13)16(23)22-12-5-3-2-4-11(12)17(19,20)21/h2-8H,1H3,(H,22,23). The van der Waals surface area contributed by atoms with Crippen LogP contribution in [-0.2, 0) is 6.18 Å². The molecule has 25 heavy (non-hydrogen) atoms. The molecular formula is C17H11ClF3NO2S. The van der Waals surface area contributed by atoms with Crippen molar-refractivity contribution in [2.45, 2.75) is 6.18 Å². The molecule has 3 nitrogen and oxygen atoms in total. The van der Waals surface area contributed by atoms with Crippen LogP contribution in [0, 0.1) is 0 Å². The molecule has 3 aromatic rings. The maximum Gasteiger partial charge on any atom is 0.418 e. The van der Waals surface area contributed by atoms with Gasteiger partial charge in [0.25, 0.3) is 5.91 Å². The summed E-state index contributed by atoms with van der Waals surface area (Å²) in [5.74, 6) is -0.122. The Morgan fingerprint density at radius 3 is 2.60 bits per heavy atom. The Hall–Kier alpha value is -2.25. The average Bonchev–Trinajstić information content (AvgIpc) is 2.91. The molecule has 0 saturated heterocycles. The quantitative estimate of drug-likeness (QED) is 0.615. The number of anilines is 1.